The van der Waals surface area contributed by atoms with Crippen LogP contribution in [-0.2, 0) is 0 Å². The van der Waals surface area contributed by atoms with Gasteiger partial charge in [0.1, 0.15) is 0 Å². The maximum Gasteiger partial charge on any atom is 0.257 e. The summed E-state index contributed by atoms with van der Waals surface area (Å²) in [5.41, 5.74) is 2.38. The van der Waals surface area contributed by atoms with E-state index in [0.717, 1.165) is 31.9 Å². The zero-order chi connectivity index (χ0) is 20.2. The van der Waals surface area contributed by atoms with E-state index in [1.165, 1.54) is 0 Å². The van der Waals surface area contributed by atoms with Crippen molar-refractivity contribution >= 4 is 58.1 Å². The molecular weight excluding hydrogens is 413 g/mol. The van der Waals surface area contributed by atoms with Gasteiger partial charge in [0.25, 0.3) is 5.91 Å². The Hall–Kier alpha value is -2.97. The lowest BCUT2D eigenvalue weighted by Crippen LogP contribution is -2.26. The summed E-state index contributed by atoms with van der Waals surface area (Å²) in [6, 6.07) is 10.3. The van der Waals surface area contributed by atoms with E-state index in [2.05, 4.69) is 36.6 Å². The first kappa shape index (κ1) is 19.4. The minimum absolute atomic E-state index is 0.323. The molecule has 2 aliphatic rings. The number of anilines is 3. The van der Waals surface area contributed by atoms with Crippen molar-refractivity contribution in [1.82, 2.24) is 10.6 Å². The SMILES string of the molecule is O=C(Nc1ccc(NC2=NCCN2)c(Cl)c1)c1ccc(NC2=NCCN2)cc1Cl. The van der Waals surface area contributed by atoms with Gasteiger partial charge in [0.15, 0.2) is 11.9 Å². The summed E-state index contributed by atoms with van der Waals surface area (Å²) in [7, 11) is 0. The number of aliphatic imine (C=N–C) groups is 2. The predicted molar refractivity (Wildman–Crippen MR) is 119 cm³/mol. The van der Waals surface area contributed by atoms with Crippen LogP contribution in [0.25, 0.3) is 0 Å². The maximum atomic E-state index is 12.6. The third kappa shape index (κ3) is 4.72. The molecule has 0 saturated carbocycles. The monoisotopic (exact) mass is 431 g/mol. The van der Waals surface area contributed by atoms with Gasteiger partial charge in [-0.2, -0.15) is 0 Å². The van der Waals surface area contributed by atoms with E-state index in [4.69, 9.17) is 23.2 Å². The molecule has 4 rings (SSSR count). The molecule has 2 aromatic rings. The number of guanidine groups is 2. The molecule has 0 saturated heterocycles. The van der Waals surface area contributed by atoms with Crippen LogP contribution in [-0.4, -0.2) is 44.0 Å². The number of nitrogens with one attached hydrogen (secondary N) is 5. The van der Waals surface area contributed by atoms with Crippen LogP contribution in [0.3, 0.4) is 0 Å². The quantitative estimate of drug-likeness (QED) is 0.512. The fraction of sp³-hybridized carbons (Fsp3) is 0.211. The van der Waals surface area contributed by atoms with Crippen LogP contribution in [0.1, 0.15) is 10.4 Å². The Morgan fingerprint density at radius 3 is 2.14 bits per heavy atom. The zero-order valence-electron chi connectivity index (χ0n) is 15.4. The Labute approximate surface area is 177 Å². The molecular formula is C19H19Cl2N7O. The van der Waals surface area contributed by atoms with E-state index in [1.807, 2.05) is 0 Å². The molecule has 2 aliphatic heterocycles. The minimum Gasteiger partial charge on any atom is -0.354 e. The molecule has 0 aliphatic carbocycles. The summed E-state index contributed by atoms with van der Waals surface area (Å²) >= 11 is 12.6. The van der Waals surface area contributed by atoms with E-state index < -0.39 is 0 Å². The number of carbonyl (C=O) groups excluding carboxylic acids is 1. The third-order valence-corrected chi connectivity index (χ3v) is 4.93. The zero-order valence-corrected chi connectivity index (χ0v) is 16.9. The van der Waals surface area contributed by atoms with Crippen molar-refractivity contribution in [2.75, 3.05) is 42.1 Å². The molecule has 8 nitrogen and oxygen atoms in total. The minimum atomic E-state index is -0.323. The highest BCUT2D eigenvalue weighted by Gasteiger charge is 2.14. The van der Waals surface area contributed by atoms with E-state index in [9.17, 15) is 4.79 Å². The maximum absolute atomic E-state index is 12.6. The van der Waals surface area contributed by atoms with Crippen LogP contribution in [0.15, 0.2) is 46.4 Å². The molecule has 29 heavy (non-hydrogen) atoms. The lowest BCUT2D eigenvalue weighted by atomic mass is 10.2. The van der Waals surface area contributed by atoms with Crippen LogP contribution < -0.4 is 26.6 Å². The van der Waals surface area contributed by atoms with Gasteiger partial charge in [-0.05, 0) is 36.4 Å². The number of amides is 1. The fourth-order valence-electron chi connectivity index (χ4n) is 2.90. The molecule has 150 valence electrons. The van der Waals surface area contributed by atoms with Crippen LogP contribution in [0.2, 0.25) is 10.0 Å². The summed E-state index contributed by atoms with van der Waals surface area (Å²) in [6.07, 6.45) is 0. The van der Waals surface area contributed by atoms with E-state index in [0.29, 0.717) is 38.9 Å². The lowest BCUT2D eigenvalue weighted by Gasteiger charge is -2.12. The Morgan fingerprint density at radius 2 is 1.52 bits per heavy atom. The highest BCUT2D eigenvalue weighted by atomic mass is 35.5. The number of hydrogen-bond donors (Lipinski definition) is 5. The molecule has 1 amide bonds. The number of hydrogen-bond acceptors (Lipinski definition) is 7. The molecule has 0 aromatic heterocycles. The summed E-state index contributed by atoms with van der Waals surface area (Å²) < 4.78 is 0. The number of rotatable bonds is 4. The van der Waals surface area contributed by atoms with Crippen molar-refractivity contribution in [2.45, 2.75) is 0 Å². The van der Waals surface area contributed by atoms with Crippen LogP contribution in [0.5, 0.6) is 0 Å². The van der Waals surface area contributed by atoms with Crippen molar-refractivity contribution in [2.24, 2.45) is 9.98 Å². The molecule has 2 heterocycles. The second-order valence-electron chi connectivity index (χ2n) is 6.41. The van der Waals surface area contributed by atoms with Crippen molar-refractivity contribution in [3.63, 3.8) is 0 Å². The van der Waals surface area contributed by atoms with E-state index >= 15 is 0 Å². The number of halogens is 2. The van der Waals surface area contributed by atoms with Gasteiger partial charge < -0.3 is 26.6 Å². The van der Waals surface area contributed by atoms with Crippen LogP contribution in [0, 0.1) is 0 Å². The predicted octanol–water partition coefficient (Wildman–Crippen LogP) is 2.99. The normalized spacial score (nSPS) is 15.1. The van der Waals surface area contributed by atoms with Gasteiger partial charge in [0, 0.05) is 24.5 Å². The van der Waals surface area contributed by atoms with Gasteiger partial charge in [-0.1, -0.05) is 23.2 Å². The molecule has 5 N–H and O–H groups in total. The van der Waals surface area contributed by atoms with E-state index in [1.54, 1.807) is 36.4 Å². The first-order valence-electron chi connectivity index (χ1n) is 9.09. The van der Waals surface area contributed by atoms with Crippen molar-refractivity contribution < 1.29 is 4.79 Å². The third-order valence-electron chi connectivity index (χ3n) is 4.30. The summed E-state index contributed by atoms with van der Waals surface area (Å²) in [6.45, 7) is 3.07. The van der Waals surface area contributed by atoms with Gasteiger partial charge >= 0.3 is 0 Å². The highest BCUT2D eigenvalue weighted by molar-refractivity contribution is 6.35. The number of benzene rings is 2. The molecule has 0 atom stereocenters. The molecule has 2 aromatic carbocycles. The van der Waals surface area contributed by atoms with Crippen molar-refractivity contribution in [1.29, 1.82) is 0 Å². The Balaban J connectivity index is 1.42. The van der Waals surface area contributed by atoms with Gasteiger partial charge in [-0.25, -0.2) is 0 Å². The Kier molecular flexibility index (Phi) is 5.73. The average molecular weight is 432 g/mol. The standard InChI is InChI=1S/C19H19Cl2N7O/c20-14-9-12(27-18-22-5-6-23-18)1-3-13(14)17(29)26-11-2-4-16(15(21)10-11)28-19-24-7-8-25-19/h1-4,9-10H,5-8H2,(H,26,29)(H2,22,23,27)(H2,24,25,28). The molecule has 0 fully saturated rings. The van der Waals surface area contributed by atoms with Crippen molar-refractivity contribution in [3.05, 3.63) is 52.0 Å². The van der Waals surface area contributed by atoms with Crippen LogP contribution >= 0.6 is 23.2 Å². The largest absolute Gasteiger partial charge is 0.354 e. The average Bonchev–Trinajstić information content (AvgIpc) is 3.38. The molecule has 10 heteroatoms. The van der Waals surface area contributed by atoms with Gasteiger partial charge in [0.05, 0.1) is 34.4 Å². The van der Waals surface area contributed by atoms with Gasteiger partial charge in [-0.15, -0.1) is 0 Å². The smallest absolute Gasteiger partial charge is 0.257 e. The first-order valence-corrected chi connectivity index (χ1v) is 9.85. The fourth-order valence-corrected chi connectivity index (χ4v) is 3.39. The van der Waals surface area contributed by atoms with Crippen molar-refractivity contribution in [3.8, 4) is 0 Å². The van der Waals surface area contributed by atoms with E-state index in [-0.39, 0.29) is 5.91 Å². The Bertz CT molecular complexity index is 1010. The Morgan fingerprint density at radius 1 is 0.862 bits per heavy atom. The highest BCUT2D eigenvalue weighted by Crippen LogP contribution is 2.27. The topological polar surface area (TPSA) is 102 Å². The molecule has 0 radical (unpaired) electrons. The van der Waals surface area contributed by atoms with Crippen LogP contribution in [0.4, 0.5) is 17.1 Å². The lowest BCUT2D eigenvalue weighted by molar-refractivity contribution is 0.102. The summed E-state index contributed by atoms with van der Waals surface area (Å²) in [5.74, 6) is 1.06. The molecule has 0 unspecified atom stereocenters. The molecule has 0 bridgehead atoms. The number of carbonyl (C=O) groups is 1. The first-order chi connectivity index (χ1) is 14.1. The summed E-state index contributed by atoms with van der Waals surface area (Å²) in [4.78, 5) is 21.2. The molecule has 0 spiro atoms. The van der Waals surface area contributed by atoms with Gasteiger partial charge in [0.2, 0.25) is 0 Å². The second-order valence-corrected chi connectivity index (χ2v) is 7.22. The van der Waals surface area contributed by atoms with Gasteiger partial charge in [-0.3, -0.25) is 14.8 Å². The summed E-state index contributed by atoms with van der Waals surface area (Å²) in [5, 5.41) is 16.1. The number of nitrogens with zero attached hydrogens (tertiary/aromatic N) is 2. The second kappa shape index (κ2) is 8.59.